The molecule has 0 saturated heterocycles. The van der Waals surface area contributed by atoms with Gasteiger partial charge in [-0.3, -0.25) is 0 Å². The molecule has 1 rings (SSSR count). The fraction of sp³-hybridized carbons (Fsp3) is 0.800. The summed E-state index contributed by atoms with van der Waals surface area (Å²) in [4.78, 5) is 0. The fourth-order valence-corrected chi connectivity index (χ4v) is 1.87. The first-order valence-electron chi connectivity index (χ1n) is 4.40. The van der Waals surface area contributed by atoms with Crippen LogP contribution in [0.5, 0.6) is 0 Å². The van der Waals surface area contributed by atoms with Crippen LogP contribution in [0.3, 0.4) is 0 Å². The maximum Gasteiger partial charge on any atom is 0.0548 e. The van der Waals surface area contributed by atoms with Gasteiger partial charge in [0.25, 0.3) is 0 Å². The van der Waals surface area contributed by atoms with Crippen molar-refractivity contribution < 1.29 is 5.11 Å². The summed E-state index contributed by atoms with van der Waals surface area (Å²) < 4.78 is 0. The van der Waals surface area contributed by atoms with Gasteiger partial charge in [0.1, 0.15) is 0 Å². The predicted octanol–water partition coefficient (Wildman–Crippen LogP) is 2.36. The van der Waals surface area contributed by atoms with Gasteiger partial charge in [-0.15, -0.1) is 6.58 Å². The van der Waals surface area contributed by atoms with E-state index in [1.165, 1.54) is 0 Å². The Morgan fingerprint density at radius 1 is 1.55 bits per heavy atom. The summed E-state index contributed by atoms with van der Waals surface area (Å²) in [5.74, 6) is 0.670. The Morgan fingerprint density at radius 3 is 2.64 bits per heavy atom. The minimum atomic E-state index is -0.103. The third-order valence-electron chi connectivity index (χ3n) is 3.20. The lowest BCUT2D eigenvalue weighted by Gasteiger charge is -2.39. The number of aliphatic hydroxyl groups is 1. The van der Waals surface area contributed by atoms with Crippen molar-refractivity contribution in [2.75, 3.05) is 0 Å². The molecule has 0 aliphatic heterocycles. The van der Waals surface area contributed by atoms with Crippen LogP contribution in [0.2, 0.25) is 0 Å². The lowest BCUT2D eigenvalue weighted by atomic mass is 9.67. The van der Waals surface area contributed by atoms with E-state index in [1.54, 1.807) is 0 Å². The lowest BCUT2D eigenvalue weighted by molar-refractivity contribution is 0.0461. The normalized spacial score (nSPS) is 45.4. The molecule has 64 valence electrons. The smallest absolute Gasteiger partial charge is 0.0548 e. The van der Waals surface area contributed by atoms with E-state index in [9.17, 15) is 5.11 Å². The van der Waals surface area contributed by atoms with Crippen LogP contribution in [0.15, 0.2) is 12.7 Å². The number of aliphatic hydroxyl groups excluding tert-OH is 1. The van der Waals surface area contributed by atoms with E-state index >= 15 is 0 Å². The van der Waals surface area contributed by atoms with E-state index in [2.05, 4.69) is 20.4 Å². The van der Waals surface area contributed by atoms with E-state index in [0.29, 0.717) is 5.92 Å². The van der Waals surface area contributed by atoms with E-state index < -0.39 is 0 Å². The molecule has 0 heterocycles. The minimum Gasteiger partial charge on any atom is -0.393 e. The molecule has 11 heavy (non-hydrogen) atoms. The second-order valence-corrected chi connectivity index (χ2v) is 4.05. The van der Waals surface area contributed by atoms with E-state index in [0.717, 1.165) is 19.3 Å². The quantitative estimate of drug-likeness (QED) is 0.575. The Hall–Kier alpha value is -0.300. The predicted molar refractivity (Wildman–Crippen MR) is 47.3 cm³/mol. The van der Waals surface area contributed by atoms with Gasteiger partial charge in [0.15, 0.2) is 0 Å². The van der Waals surface area contributed by atoms with Gasteiger partial charge in [-0.05, 0) is 30.6 Å². The second kappa shape index (κ2) is 2.98. The highest BCUT2D eigenvalue weighted by molar-refractivity contribution is 4.98. The molecule has 0 spiro atoms. The molecule has 1 aliphatic carbocycles. The number of hydrogen-bond donors (Lipinski definition) is 1. The van der Waals surface area contributed by atoms with Crippen LogP contribution in [0, 0.1) is 11.3 Å². The summed E-state index contributed by atoms with van der Waals surface area (Å²) in [5, 5.41) is 9.45. The second-order valence-electron chi connectivity index (χ2n) is 4.05. The Kier molecular flexibility index (Phi) is 2.38. The Morgan fingerprint density at radius 2 is 2.18 bits per heavy atom. The van der Waals surface area contributed by atoms with Crippen LogP contribution in [-0.2, 0) is 0 Å². The monoisotopic (exact) mass is 154 g/mol. The molecule has 1 nitrogen and oxygen atoms in total. The van der Waals surface area contributed by atoms with E-state index in [1.807, 2.05) is 6.08 Å². The topological polar surface area (TPSA) is 20.2 Å². The summed E-state index contributed by atoms with van der Waals surface area (Å²) in [6, 6.07) is 0. The summed E-state index contributed by atoms with van der Waals surface area (Å²) >= 11 is 0. The molecule has 0 amide bonds. The van der Waals surface area contributed by atoms with Gasteiger partial charge in [0.2, 0.25) is 0 Å². The largest absolute Gasteiger partial charge is 0.393 e. The molecule has 1 aliphatic rings. The van der Waals surface area contributed by atoms with Crippen LogP contribution >= 0.6 is 0 Å². The van der Waals surface area contributed by atoms with E-state index in [4.69, 9.17) is 0 Å². The molecule has 1 heteroatoms. The molecule has 3 unspecified atom stereocenters. The summed E-state index contributed by atoms with van der Waals surface area (Å²) in [6.45, 7) is 8.26. The molecular weight excluding hydrogens is 136 g/mol. The molecule has 0 aromatic heterocycles. The first-order chi connectivity index (χ1) is 5.08. The molecule has 0 aromatic rings. The summed E-state index contributed by atoms with van der Waals surface area (Å²) in [6.07, 6.45) is 4.88. The average molecular weight is 154 g/mol. The molecule has 1 saturated carbocycles. The van der Waals surface area contributed by atoms with Crippen molar-refractivity contribution in [2.24, 2.45) is 11.3 Å². The molecule has 0 bridgehead atoms. The zero-order valence-corrected chi connectivity index (χ0v) is 7.51. The Balaban J connectivity index is 2.67. The SMILES string of the molecule is C=CC1(C)CC(O)CCC1C. The molecule has 0 radical (unpaired) electrons. The van der Waals surface area contributed by atoms with Crippen molar-refractivity contribution in [2.45, 2.75) is 39.2 Å². The van der Waals surface area contributed by atoms with Crippen LogP contribution in [0.4, 0.5) is 0 Å². The van der Waals surface area contributed by atoms with Crippen LogP contribution in [-0.4, -0.2) is 11.2 Å². The van der Waals surface area contributed by atoms with Gasteiger partial charge in [-0.25, -0.2) is 0 Å². The zero-order valence-electron chi connectivity index (χ0n) is 7.51. The third kappa shape index (κ3) is 1.64. The van der Waals surface area contributed by atoms with E-state index in [-0.39, 0.29) is 11.5 Å². The molecule has 1 N–H and O–H groups in total. The first-order valence-corrected chi connectivity index (χ1v) is 4.40. The van der Waals surface area contributed by atoms with Gasteiger partial charge >= 0.3 is 0 Å². The van der Waals surface area contributed by atoms with Gasteiger partial charge in [0, 0.05) is 0 Å². The number of hydrogen-bond acceptors (Lipinski definition) is 1. The zero-order chi connectivity index (χ0) is 8.48. The van der Waals surface area contributed by atoms with Crippen LogP contribution in [0.25, 0.3) is 0 Å². The summed E-state index contributed by atoms with van der Waals surface area (Å²) in [7, 11) is 0. The maximum absolute atomic E-state index is 9.45. The number of rotatable bonds is 1. The molecular formula is C10H18O. The standard InChI is InChI=1S/C10H18O/c1-4-10(3)7-9(11)6-5-8(10)2/h4,8-9,11H,1,5-7H2,2-3H3. The first kappa shape index (κ1) is 8.79. The molecule has 0 aromatic carbocycles. The van der Waals surface area contributed by atoms with Crippen molar-refractivity contribution in [1.82, 2.24) is 0 Å². The van der Waals surface area contributed by atoms with Crippen LogP contribution < -0.4 is 0 Å². The van der Waals surface area contributed by atoms with Gasteiger partial charge < -0.3 is 5.11 Å². The molecule has 1 fully saturated rings. The Labute approximate surface area is 69.1 Å². The van der Waals surface area contributed by atoms with Crippen molar-refractivity contribution in [3.8, 4) is 0 Å². The van der Waals surface area contributed by atoms with Crippen molar-refractivity contribution in [1.29, 1.82) is 0 Å². The van der Waals surface area contributed by atoms with Crippen molar-refractivity contribution >= 4 is 0 Å². The third-order valence-corrected chi connectivity index (χ3v) is 3.20. The molecule has 3 atom stereocenters. The van der Waals surface area contributed by atoms with Crippen molar-refractivity contribution in [3.63, 3.8) is 0 Å². The average Bonchev–Trinajstić information content (AvgIpc) is 1.98. The van der Waals surface area contributed by atoms with Gasteiger partial charge in [-0.2, -0.15) is 0 Å². The lowest BCUT2D eigenvalue weighted by Crippen LogP contribution is -2.33. The highest BCUT2D eigenvalue weighted by Gasteiger charge is 2.34. The van der Waals surface area contributed by atoms with Crippen molar-refractivity contribution in [3.05, 3.63) is 12.7 Å². The maximum atomic E-state index is 9.45. The Bertz CT molecular complexity index is 153. The van der Waals surface area contributed by atoms with Gasteiger partial charge in [0.05, 0.1) is 6.10 Å². The fourth-order valence-electron chi connectivity index (χ4n) is 1.87. The summed E-state index contributed by atoms with van der Waals surface area (Å²) in [5.41, 5.74) is 0.164. The highest BCUT2D eigenvalue weighted by Crippen LogP contribution is 2.41. The van der Waals surface area contributed by atoms with Crippen LogP contribution in [0.1, 0.15) is 33.1 Å². The number of allylic oxidation sites excluding steroid dienone is 1. The highest BCUT2D eigenvalue weighted by atomic mass is 16.3. The minimum absolute atomic E-state index is 0.103. The van der Waals surface area contributed by atoms with Gasteiger partial charge in [-0.1, -0.05) is 19.9 Å².